The molecule has 1 aromatic carbocycles. The molecule has 1 N–H and O–H groups in total. The molecule has 0 amide bonds. The Balaban J connectivity index is 1.64. The van der Waals surface area contributed by atoms with Gasteiger partial charge in [-0.2, -0.15) is 0 Å². The molecule has 3 rings (SSSR count). The van der Waals surface area contributed by atoms with Crippen molar-refractivity contribution < 1.29 is 0 Å². The highest BCUT2D eigenvalue weighted by Crippen LogP contribution is 2.28. The number of hydrogen-bond acceptors (Lipinski definition) is 4. The summed E-state index contributed by atoms with van der Waals surface area (Å²) in [5, 5.41) is 4.60. The quantitative estimate of drug-likeness (QED) is 0.927. The van der Waals surface area contributed by atoms with E-state index in [0.717, 1.165) is 23.1 Å². The molecule has 1 atom stereocenters. The summed E-state index contributed by atoms with van der Waals surface area (Å²) in [5.41, 5.74) is 2.41. The summed E-state index contributed by atoms with van der Waals surface area (Å²) in [6.07, 6.45) is 1.31. The van der Waals surface area contributed by atoms with E-state index in [4.69, 9.17) is 4.98 Å². The second kappa shape index (κ2) is 5.47. The first-order valence-corrected chi connectivity index (χ1v) is 7.90. The van der Waals surface area contributed by atoms with Crippen LogP contribution in [0.25, 0.3) is 10.2 Å². The first-order chi connectivity index (χ1) is 9.26. The molecule has 0 bridgehead atoms. The number of thiazole rings is 1. The molecule has 19 heavy (non-hydrogen) atoms. The van der Waals surface area contributed by atoms with Crippen LogP contribution < -0.4 is 5.32 Å². The van der Waals surface area contributed by atoms with Crippen LogP contribution >= 0.6 is 11.3 Å². The Labute approximate surface area is 118 Å². The summed E-state index contributed by atoms with van der Waals surface area (Å²) in [7, 11) is 0. The van der Waals surface area contributed by atoms with Crippen molar-refractivity contribution in [2.75, 3.05) is 31.5 Å². The van der Waals surface area contributed by atoms with Crippen LogP contribution in [-0.2, 0) is 0 Å². The number of nitrogens with zero attached hydrogens (tertiary/aromatic N) is 2. The number of hydrogen-bond donors (Lipinski definition) is 1. The monoisotopic (exact) mass is 275 g/mol. The molecule has 102 valence electrons. The summed E-state index contributed by atoms with van der Waals surface area (Å²) in [6, 6.07) is 6.39. The molecule has 2 heterocycles. The lowest BCUT2D eigenvalue weighted by atomic mass is 10.1. The lowest BCUT2D eigenvalue weighted by Crippen LogP contribution is -2.22. The molecule has 0 saturated carbocycles. The van der Waals surface area contributed by atoms with E-state index in [2.05, 4.69) is 42.3 Å². The van der Waals surface area contributed by atoms with Crippen LogP contribution in [0, 0.1) is 12.8 Å². The summed E-state index contributed by atoms with van der Waals surface area (Å²) in [4.78, 5) is 7.23. The van der Waals surface area contributed by atoms with Crippen LogP contribution in [0.3, 0.4) is 0 Å². The Bertz CT molecular complexity index is 564. The van der Waals surface area contributed by atoms with E-state index in [9.17, 15) is 0 Å². The van der Waals surface area contributed by atoms with Gasteiger partial charge in [0.05, 0.1) is 10.2 Å². The van der Waals surface area contributed by atoms with E-state index < -0.39 is 0 Å². The highest BCUT2D eigenvalue weighted by Gasteiger charge is 2.21. The second-order valence-electron chi connectivity index (χ2n) is 5.37. The zero-order valence-electron chi connectivity index (χ0n) is 11.6. The van der Waals surface area contributed by atoms with Crippen LogP contribution in [0.15, 0.2) is 18.2 Å². The number of benzene rings is 1. The Morgan fingerprint density at radius 1 is 1.47 bits per heavy atom. The number of fused-ring (bicyclic) bond motifs is 1. The fourth-order valence-electron chi connectivity index (χ4n) is 2.76. The summed E-state index contributed by atoms with van der Waals surface area (Å²) in [5.74, 6) is 0.771. The Morgan fingerprint density at radius 3 is 3.11 bits per heavy atom. The lowest BCUT2D eigenvalue weighted by Gasteiger charge is -2.13. The molecule has 1 unspecified atom stereocenters. The number of aromatic nitrogens is 1. The SMILES string of the molecule is CCN1CCC(CNc2nc3c(C)cccc3s2)C1. The molecule has 1 saturated heterocycles. The normalized spacial score (nSPS) is 20.2. The van der Waals surface area contributed by atoms with Gasteiger partial charge < -0.3 is 10.2 Å². The van der Waals surface area contributed by atoms with Crippen LogP contribution in [-0.4, -0.2) is 36.1 Å². The van der Waals surface area contributed by atoms with E-state index in [1.54, 1.807) is 11.3 Å². The van der Waals surface area contributed by atoms with Gasteiger partial charge in [0.1, 0.15) is 0 Å². The Kier molecular flexibility index (Phi) is 3.71. The van der Waals surface area contributed by atoms with Crippen LogP contribution in [0.2, 0.25) is 0 Å². The molecule has 4 heteroatoms. The predicted octanol–water partition coefficient (Wildman–Crippen LogP) is 3.36. The van der Waals surface area contributed by atoms with Crippen molar-refractivity contribution in [3.05, 3.63) is 23.8 Å². The summed E-state index contributed by atoms with van der Waals surface area (Å²) < 4.78 is 1.28. The van der Waals surface area contributed by atoms with Crippen molar-refractivity contribution in [2.24, 2.45) is 5.92 Å². The number of likely N-dealkylation sites (tertiary alicyclic amines) is 1. The number of aryl methyl sites for hydroxylation is 1. The zero-order chi connectivity index (χ0) is 13.2. The number of rotatable bonds is 4. The molecule has 1 aliphatic heterocycles. The zero-order valence-corrected chi connectivity index (χ0v) is 12.5. The van der Waals surface area contributed by atoms with Gasteiger partial charge >= 0.3 is 0 Å². The minimum absolute atomic E-state index is 0.771. The Morgan fingerprint density at radius 2 is 2.37 bits per heavy atom. The van der Waals surface area contributed by atoms with Crippen molar-refractivity contribution in [2.45, 2.75) is 20.3 Å². The average Bonchev–Trinajstić information content (AvgIpc) is 3.03. The molecule has 2 aromatic rings. The van der Waals surface area contributed by atoms with E-state index in [1.807, 2.05) is 0 Å². The van der Waals surface area contributed by atoms with Crippen LogP contribution in [0.1, 0.15) is 18.9 Å². The van der Waals surface area contributed by atoms with Crippen molar-refractivity contribution in [1.82, 2.24) is 9.88 Å². The van der Waals surface area contributed by atoms with Gasteiger partial charge in [0, 0.05) is 13.1 Å². The second-order valence-corrected chi connectivity index (χ2v) is 6.40. The van der Waals surface area contributed by atoms with Crippen LogP contribution in [0.4, 0.5) is 5.13 Å². The molecule has 0 radical (unpaired) electrons. The highest BCUT2D eigenvalue weighted by molar-refractivity contribution is 7.22. The fourth-order valence-corrected chi connectivity index (χ4v) is 3.71. The van der Waals surface area contributed by atoms with Gasteiger partial charge in [-0.3, -0.25) is 0 Å². The van der Waals surface area contributed by atoms with E-state index in [1.165, 1.54) is 36.3 Å². The van der Waals surface area contributed by atoms with Gasteiger partial charge in [0.2, 0.25) is 0 Å². The predicted molar refractivity (Wildman–Crippen MR) is 83.1 cm³/mol. The van der Waals surface area contributed by atoms with E-state index in [-0.39, 0.29) is 0 Å². The Hall–Kier alpha value is -1.13. The summed E-state index contributed by atoms with van der Waals surface area (Å²) >= 11 is 1.77. The molecule has 3 nitrogen and oxygen atoms in total. The van der Waals surface area contributed by atoms with E-state index in [0.29, 0.717) is 0 Å². The minimum Gasteiger partial charge on any atom is -0.361 e. The highest BCUT2D eigenvalue weighted by atomic mass is 32.1. The molecule has 1 aromatic heterocycles. The number of para-hydroxylation sites is 1. The molecular formula is C15H21N3S. The first-order valence-electron chi connectivity index (χ1n) is 7.08. The smallest absolute Gasteiger partial charge is 0.183 e. The molecular weight excluding hydrogens is 254 g/mol. The van der Waals surface area contributed by atoms with E-state index >= 15 is 0 Å². The molecule has 1 aliphatic rings. The third-order valence-electron chi connectivity index (χ3n) is 3.98. The topological polar surface area (TPSA) is 28.2 Å². The maximum atomic E-state index is 4.71. The van der Waals surface area contributed by atoms with Crippen molar-refractivity contribution in [1.29, 1.82) is 0 Å². The largest absolute Gasteiger partial charge is 0.361 e. The lowest BCUT2D eigenvalue weighted by molar-refractivity contribution is 0.345. The van der Waals surface area contributed by atoms with Crippen molar-refractivity contribution in [3.8, 4) is 0 Å². The third kappa shape index (κ3) is 2.74. The number of anilines is 1. The molecule has 0 aliphatic carbocycles. The van der Waals surface area contributed by atoms with Gasteiger partial charge in [0.25, 0.3) is 0 Å². The first kappa shape index (κ1) is 12.9. The van der Waals surface area contributed by atoms with Gasteiger partial charge in [0.15, 0.2) is 5.13 Å². The van der Waals surface area contributed by atoms with Gasteiger partial charge in [-0.05, 0) is 44.0 Å². The standard InChI is InChI=1S/C15H21N3S/c1-3-18-8-7-12(10-18)9-16-15-17-14-11(2)5-4-6-13(14)19-15/h4-6,12H,3,7-10H2,1-2H3,(H,16,17). The van der Waals surface area contributed by atoms with Crippen molar-refractivity contribution >= 4 is 26.7 Å². The maximum Gasteiger partial charge on any atom is 0.183 e. The maximum absolute atomic E-state index is 4.71. The van der Waals surface area contributed by atoms with Crippen LogP contribution in [0.5, 0.6) is 0 Å². The number of nitrogens with one attached hydrogen (secondary N) is 1. The summed E-state index contributed by atoms with van der Waals surface area (Å²) in [6.45, 7) is 9.08. The minimum atomic E-state index is 0.771. The van der Waals surface area contributed by atoms with Crippen molar-refractivity contribution in [3.63, 3.8) is 0 Å². The van der Waals surface area contributed by atoms with Gasteiger partial charge in [-0.15, -0.1) is 0 Å². The fraction of sp³-hybridized carbons (Fsp3) is 0.533. The third-order valence-corrected chi connectivity index (χ3v) is 4.96. The molecule has 0 spiro atoms. The molecule has 1 fully saturated rings. The van der Waals surface area contributed by atoms with Gasteiger partial charge in [-0.1, -0.05) is 30.4 Å². The average molecular weight is 275 g/mol. The van der Waals surface area contributed by atoms with Gasteiger partial charge in [-0.25, -0.2) is 4.98 Å².